The Hall–Kier alpha value is -2.17. The van der Waals surface area contributed by atoms with Gasteiger partial charge in [0.05, 0.1) is 5.71 Å². The van der Waals surface area contributed by atoms with Crippen LogP contribution in [0.15, 0.2) is 30.1 Å². The summed E-state index contributed by atoms with van der Waals surface area (Å²) >= 11 is 0. The maximum absolute atomic E-state index is 12.9. The normalized spacial score (nSPS) is 13.2. The molecule has 1 aromatic rings. The molecule has 4 nitrogen and oxygen atoms in total. The zero-order chi connectivity index (χ0) is 16.0. The van der Waals surface area contributed by atoms with Gasteiger partial charge in [-0.2, -0.15) is 0 Å². The van der Waals surface area contributed by atoms with Crippen LogP contribution in [0.5, 0.6) is 5.88 Å². The van der Waals surface area contributed by atoms with Crippen LogP contribution in [0.4, 0.5) is 4.39 Å². The molecule has 0 saturated heterocycles. The summed E-state index contributed by atoms with van der Waals surface area (Å²) in [4.78, 5) is 4.10. The number of rotatable bonds is 7. The first kappa shape index (κ1) is 16.9. The predicted molar refractivity (Wildman–Crippen MR) is 84.4 cm³/mol. The van der Waals surface area contributed by atoms with E-state index >= 15 is 0 Å². The summed E-state index contributed by atoms with van der Waals surface area (Å²) in [6.07, 6.45) is 2.35. The molecular weight excluding hydrogens is 269 g/mol. The molecular formula is C16H22FN3O. The smallest absolute Gasteiger partial charge is 0.237 e. The summed E-state index contributed by atoms with van der Waals surface area (Å²) in [5.74, 6) is 0.184. The van der Waals surface area contributed by atoms with Gasteiger partial charge in [0, 0.05) is 37.0 Å². The fraction of sp³-hybridized carbons (Fsp3) is 0.375. The van der Waals surface area contributed by atoms with Crippen LogP contribution in [0.25, 0.3) is 6.08 Å². The molecule has 0 aliphatic carbocycles. The third kappa shape index (κ3) is 4.15. The van der Waals surface area contributed by atoms with Crippen LogP contribution in [0.3, 0.4) is 0 Å². The number of pyridine rings is 1. The molecule has 1 atom stereocenters. The Bertz CT molecular complexity index is 565. The molecule has 0 amide bonds. The maximum atomic E-state index is 12.9. The van der Waals surface area contributed by atoms with Crippen LogP contribution in [0.2, 0.25) is 0 Å². The van der Waals surface area contributed by atoms with E-state index in [-0.39, 0.29) is 5.88 Å². The lowest BCUT2D eigenvalue weighted by Gasteiger charge is -2.14. The molecule has 0 saturated carbocycles. The summed E-state index contributed by atoms with van der Waals surface area (Å²) < 4.78 is 17.9. The molecule has 1 aromatic heterocycles. The van der Waals surface area contributed by atoms with Gasteiger partial charge >= 0.3 is 0 Å². The van der Waals surface area contributed by atoms with Crippen LogP contribution in [0.1, 0.15) is 38.3 Å². The van der Waals surface area contributed by atoms with Crippen molar-refractivity contribution in [2.24, 2.45) is 0 Å². The molecule has 0 spiro atoms. The molecule has 1 heterocycles. The number of hydrogen-bond donors (Lipinski definition) is 2. The molecule has 1 unspecified atom stereocenters. The monoisotopic (exact) mass is 291 g/mol. The van der Waals surface area contributed by atoms with Gasteiger partial charge < -0.3 is 10.1 Å². The van der Waals surface area contributed by atoms with Crippen molar-refractivity contribution in [3.63, 3.8) is 0 Å². The van der Waals surface area contributed by atoms with Crippen molar-refractivity contribution >= 4 is 11.8 Å². The molecule has 114 valence electrons. The van der Waals surface area contributed by atoms with E-state index in [2.05, 4.69) is 16.9 Å². The molecule has 0 radical (unpaired) electrons. The van der Waals surface area contributed by atoms with Gasteiger partial charge in [0.15, 0.2) is 0 Å². The van der Waals surface area contributed by atoms with Crippen LogP contribution in [-0.4, -0.2) is 24.1 Å². The van der Waals surface area contributed by atoms with Crippen LogP contribution in [0, 0.1) is 5.41 Å². The van der Waals surface area contributed by atoms with Gasteiger partial charge in [-0.3, -0.25) is 5.41 Å². The lowest BCUT2D eigenvalue weighted by Crippen LogP contribution is -2.13. The topological polar surface area (TPSA) is 58.0 Å². The van der Waals surface area contributed by atoms with Crippen molar-refractivity contribution in [3.8, 4) is 5.88 Å². The Morgan fingerprint density at radius 1 is 1.62 bits per heavy atom. The standard InChI is InChI=1S/C16H22FN3O/c1-6-12-8-13(9-20-16(12)21-11(4)17)15(18)14(7-2)10(3)19-5/h6,8-9,11,18-19H,1,7H2,2-5H3/b14-10+,18-15?. The number of nitrogens with one attached hydrogen (secondary N) is 2. The Labute approximate surface area is 125 Å². The average molecular weight is 291 g/mol. The molecule has 1 rings (SSSR count). The zero-order valence-corrected chi connectivity index (χ0v) is 13.0. The van der Waals surface area contributed by atoms with E-state index in [1.54, 1.807) is 12.1 Å². The van der Waals surface area contributed by atoms with Crippen molar-refractivity contribution < 1.29 is 9.13 Å². The van der Waals surface area contributed by atoms with E-state index in [0.29, 0.717) is 16.8 Å². The molecule has 21 heavy (non-hydrogen) atoms. The molecule has 0 fully saturated rings. The van der Waals surface area contributed by atoms with Crippen molar-refractivity contribution in [1.82, 2.24) is 10.3 Å². The molecule has 0 aliphatic heterocycles. The summed E-state index contributed by atoms with van der Waals surface area (Å²) in [6, 6.07) is 1.73. The summed E-state index contributed by atoms with van der Waals surface area (Å²) in [5.41, 5.74) is 3.46. The van der Waals surface area contributed by atoms with Crippen molar-refractivity contribution in [1.29, 1.82) is 5.41 Å². The number of ether oxygens (including phenoxy) is 1. The fourth-order valence-corrected chi connectivity index (χ4v) is 1.96. The molecule has 5 heteroatoms. The van der Waals surface area contributed by atoms with Crippen LogP contribution < -0.4 is 10.1 Å². The van der Waals surface area contributed by atoms with Gasteiger partial charge in [0.25, 0.3) is 0 Å². The Kier molecular flexibility index (Phi) is 6.09. The Morgan fingerprint density at radius 2 is 2.29 bits per heavy atom. The SMILES string of the molecule is C=Cc1cc(C(=N)/C(CC)=C(\C)NC)cnc1OC(C)F. The first-order valence-corrected chi connectivity index (χ1v) is 6.84. The first-order valence-electron chi connectivity index (χ1n) is 6.84. The molecule has 2 N–H and O–H groups in total. The first-order chi connectivity index (χ1) is 9.94. The number of nitrogens with zero attached hydrogens (tertiary/aromatic N) is 1. The quantitative estimate of drug-likeness (QED) is 0.753. The highest BCUT2D eigenvalue weighted by Crippen LogP contribution is 2.22. The van der Waals surface area contributed by atoms with Gasteiger partial charge in [-0.15, -0.1) is 0 Å². The van der Waals surface area contributed by atoms with Gasteiger partial charge in [-0.1, -0.05) is 19.6 Å². The second-order valence-electron chi connectivity index (χ2n) is 4.57. The van der Waals surface area contributed by atoms with Gasteiger partial charge in [-0.05, 0) is 25.0 Å². The largest absolute Gasteiger partial charge is 0.443 e. The predicted octanol–water partition coefficient (Wildman–Crippen LogP) is 3.69. The number of aromatic nitrogens is 1. The summed E-state index contributed by atoms with van der Waals surface area (Å²) in [5, 5.41) is 11.4. The van der Waals surface area contributed by atoms with Gasteiger partial charge in [-0.25, -0.2) is 9.37 Å². The Balaban J connectivity index is 3.21. The maximum Gasteiger partial charge on any atom is 0.237 e. The number of alkyl halides is 1. The molecule has 0 bridgehead atoms. The number of halogens is 1. The van der Waals surface area contributed by atoms with Crippen LogP contribution in [-0.2, 0) is 0 Å². The van der Waals surface area contributed by atoms with E-state index < -0.39 is 6.36 Å². The lowest BCUT2D eigenvalue weighted by molar-refractivity contribution is 0.0807. The fourth-order valence-electron chi connectivity index (χ4n) is 1.96. The average Bonchev–Trinajstić information content (AvgIpc) is 2.47. The number of hydrogen-bond acceptors (Lipinski definition) is 4. The lowest BCUT2D eigenvalue weighted by atomic mass is 9.99. The van der Waals surface area contributed by atoms with Crippen molar-refractivity contribution in [3.05, 3.63) is 41.2 Å². The molecule has 0 aromatic carbocycles. The van der Waals surface area contributed by atoms with E-state index in [1.807, 2.05) is 20.9 Å². The Morgan fingerprint density at radius 3 is 2.76 bits per heavy atom. The third-order valence-corrected chi connectivity index (χ3v) is 3.14. The second kappa shape index (κ2) is 7.57. The minimum absolute atomic E-state index is 0.184. The van der Waals surface area contributed by atoms with Crippen molar-refractivity contribution in [2.75, 3.05) is 7.05 Å². The highest BCUT2D eigenvalue weighted by molar-refractivity contribution is 6.11. The molecule has 0 aliphatic rings. The highest BCUT2D eigenvalue weighted by atomic mass is 19.1. The zero-order valence-electron chi connectivity index (χ0n) is 13.0. The summed E-state index contributed by atoms with van der Waals surface area (Å²) in [7, 11) is 1.82. The number of allylic oxidation sites excluding steroid dienone is 2. The second-order valence-corrected chi connectivity index (χ2v) is 4.57. The van der Waals surface area contributed by atoms with Crippen molar-refractivity contribution in [2.45, 2.75) is 33.5 Å². The van der Waals surface area contributed by atoms with E-state index in [0.717, 1.165) is 17.7 Å². The van der Waals surface area contributed by atoms with E-state index in [1.165, 1.54) is 13.1 Å². The van der Waals surface area contributed by atoms with Gasteiger partial charge in [0.1, 0.15) is 0 Å². The highest BCUT2D eigenvalue weighted by Gasteiger charge is 2.13. The minimum Gasteiger partial charge on any atom is -0.443 e. The van der Waals surface area contributed by atoms with E-state index in [4.69, 9.17) is 10.1 Å². The van der Waals surface area contributed by atoms with Gasteiger partial charge in [0.2, 0.25) is 12.2 Å². The third-order valence-electron chi connectivity index (χ3n) is 3.14. The minimum atomic E-state index is -1.45. The summed E-state index contributed by atoms with van der Waals surface area (Å²) in [6.45, 7) is 8.89. The van der Waals surface area contributed by atoms with E-state index in [9.17, 15) is 4.39 Å². The van der Waals surface area contributed by atoms with Crippen LogP contribution >= 0.6 is 0 Å².